The first-order valence-corrected chi connectivity index (χ1v) is 5.83. The first kappa shape index (κ1) is 12.5. The van der Waals surface area contributed by atoms with E-state index in [9.17, 15) is 0 Å². The molecule has 0 bridgehead atoms. The Labute approximate surface area is 99.0 Å². The van der Waals surface area contributed by atoms with Crippen LogP contribution >= 0.6 is 0 Å². The van der Waals surface area contributed by atoms with E-state index in [0.29, 0.717) is 5.92 Å². The molecule has 0 amide bonds. The summed E-state index contributed by atoms with van der Waals surface area (Å²) >= 11 is 0. The number of hydrogen-bond donors (Lipinski definition) is 0. The Morgan fingerprint density at radius 1 is 1.31 bits per heavy atom. The maximum absolute atomic E-state index is 3.71. The van der Waals surface area contributed by atoms with E-state index in [1.807, 2.05) is 12.2 Å². The minimum Gasteiger partial charge on any atom is -0.0991 e. The third-order valence-corrected chi connectivity index (χ3v) is 2.77. The third-order valence-electron chi connectivity index (χ3n) is 2.77. The fraction of sp³-hybridized carbons (Fsp3) is 0.250. The summed E-state index contributed by atoms with van der Waals surface area (Å²) in [6.45, 7) is 8.03. The van der Waals surface area contributed by atoms with Gasteiger partial charge in [0.25, 0.3) is 0 Å². The van der Waals surface area contributed by atoms with Gasteiger partial charge in [-0.1, -0.05) is 68.1 Å². The molecule has 1 aromatic rings. The highest BCUT2D eigenvalue weighted by atomic mass is 14.1. The van der Waals surface area contributed by atoms with Crippen molar-refractivity contribution in [2.24, 2.45) is 0 Å². The van der Waals surface area contributed by atoms with Gasteiger partial charge in [0, 0.05) is 5.92 Å². The first-order chi connectivity index (χ1) is 7.83. The maximum Gasteiger partial charge on any atom is 0.00834 e. The van der Waals surface area contributed by atoms with Gasteiger partial charge in [0.05, 0.1) is 0 Å². The zero-order valence-corrected chi connectivity index (χ0v) is 10.2. The molecule has 1 atom stereocenters. The van der Waals surface area contributed by atoms with Crippen LogP contribution in [0.5, 0.6) is 0 Å². The van der Waals surface area contributed by atoms with Crippen LogP contribution in [0.4, 0.5) is 0 Å². The highest BCUT2D eigenvalue weighted by Crippen LogP contribution is 2.28. The second kappa shape index (κ2) is 6.84. The Bertz CT molecular complexity index is 368. The van der Waals surface area contributed by atoms with Crippen LogP contribution in [-0.2, 0) is 0 Å². The van der Waals surface area contributed by atoms with Gasteiger partial charge < -0.3 is 0 Å². The number of allylic oxidation sites excluding steroid dienone is 5. The van der Waals surface area contributed by atoms with Crippen LogP contribution in [0, 0.1) is 0 Å². The van der Waals surface area contributed by atoms with Crippen LogP contribution in [0.25, 0.3) is 0 Å². The van der Waals surface area contributed by atoms with Gasteiger partial charge in [0.1, 0.15) is 0 Å². The number of rotatable bonds is 5. The Morgan fingerprint density at radius 2 is 2.00 bits per heavy atom. The van der Waals surface area contributed by atoms with E-state index in [4.69, 9.17) is 0 Å². The van der Waals surface area contributed by atoms with Gasteiger partial charge in [-0.25, -0.2) is 0 Å². The Balaban J connectivity index is 2.97. The molecule has 0 saturated heterocycles. The number of benzene rings is 1. The molecule has 16 heavy (non-hydrogen) atoms. The molecule has 0 heteroatoms. The van der Waals surface area contributed by atoms with Gasteiger partial charge >= 0.3 is 0 Å². The first-order valence-electron chi connectivity index (χ1n) is 5.83. The summed E-state index contributed by atoms with van der Waals surface area (Å²) < 4.78 is 0. The topological polar surface area (TPSA) is 0 Å². The lowest BCUT2D eigenvalue weighted by atomic mass is 9.88. The van der Waals surface area contributed by atoms with Crippen molar-refractivity contribution in [2.45, 2.75) is 26.2 Å². The SMILES string of the molecule is C=C/C=C\C(=C/C)C(CC)c1ccccc1. The summed E-state index contributed by atoms with van der Waals surface area (Å²) in [7, 11) is 0. The normalized spacial score (nSPS) is 14.0. The second-order valence-electron chi connectivity index (χ2n) is 3.76. The molecule has 0 aromatic heterocycles. The van der Waals surface area contributed by atoms with Crippen molar-refractivity contribution in [3.8, 4) is 0 Å². The van der Waals surface area contributed by atoms with E-state index in [-0.39, 0.29) is 0 Å². The van der Waals surface area contributed by atoms with Gasteiger partial charge in [-0.05, 0) is 24.5 Å². The van der Waals surface area contributed by atoms with E-state index >= 15 is 0 Å². The monoisotopic (exact) mass is 212 g/mol. The molecule has 84 valence electrons. The summed E-state index contributed by atoms with van der Waals surface area (Å²) in [5.74, 6) is 0.488. The van der Waals surface area contributed by atoms with Crippen molar-refractivity contribution in [3.05, 3.63) is 72.4 Å². The standard InChI is InChI=1S/C16H20/c1-4-7-11-14(5-2)16(6-3)15-12-9-8-10-13-15/h4-5,7-13,16H,1,6H2,2-3H3/b11-7-,14-5+. The molecule has 0 aliphatic carbocycles. The van der Waals surface area contributed by atoms with Gasteiger partial charge in [0.15, 0.2) is 0 Å². The second-order valence-corrected chi connectivity index (χ2v) is 3.76. The lowest BCUT2D eigenvalue weighted by molar-refractivity contribution is 0.775. The summed E-state index contributed by atoms with van der Waals surface area (Å²) in [5.41, 5.74) is 2.74. The predicted molar refractivity (Wildman–Crippen MR) is 72.6 cm³/mol. The van der Waals surface area contributed by atoms with E-state index in [1.165, 1.54) is 11.1 Å². The zero-order chi connectivity index (χ0) is 11.8. The lowest BCUT2D eigenvalue weighted by Crippen LogP contribution is -1.99. The molecule has 1 aromatic carbocycles. The fourth-order valence-corrected chi connectivity index (χ4v) is 1.94. The summed E-state index contributed by atoms with van der Waals surface area (Å²) in [6, 6.07) is 10.6. The molecule has 0 N–H and O–H groups in total. The summed E-state index contributed by atoms with van der Waals surface area (Å²) in [4.78, 5) is 0. The van der Waals surface area contributed by atoms with Crippen LogP contribution in [-0.4, -0.2) is 0 Å². The lowest BCUT2D eigenvalue weighted by Gasteiger charge is -2.16. The van der Waals surface area contributed by atoms with E-state index in [1.54, 1.807) is 0 Å². The van der Waals surface area contributed by atoms with E-state index in [2.05, 4.69) is 62.9 Å². The Hall–Kier alpha value is -1.56. The predicted octanol–water partition coefficient (Wildman–Crippen LogP) is 4.87. The highest BCUT2D eigenvalue weighted by Gasteiger charge is 2.11. The van der Waals surface area contributed by atoms with Gasteiger partial charge in [0.2, 0.25) is 0 Å². The van der Waals surface area contributed by atoms with Crippen molar-refractivity contribution in [3.63, 3.8) is 0 Å². The summed E-state index contributed by atoms with van der Waals surface area (Å²) in [5, 5.41) is 0. The largest absolute Gasteiger partial charge is 0.0991 e. The van der Waals surface area contributed by atoms with Crippen molar-refractivity contribution in [1.29, 1.82) is 0 Å². The summed E-state index contributed by atoms with van der Waals surface area (Å²) in [6.07, 6.45) is 9.27. The highest BCUT2D eigenvalue weighted by molar-refractivity contribution is 5.35. The quantitative estimate of drug-likeness (QED) is 0.611. The van der Waals surface area contributed by atoms with Crippen LogP contribution in [0.2, 0.25) is 0 Å². The number of hydrogen-bond acceptors (Lipinski definition) is 0. The maximum atomic E-state index is 3.71. The Morgan fingerprint density at radius 3 is 2.50 bits per heavy atom. The molecular weight excluding hydrogens is 192 g/mol. The molecule has 1 rings (SSSR count). The van der Waals surface area contributed by atoms with Crippen molar-refractivity contribution in [2.75, 3.05) is 0 Å². The van der Waals surface area contributed by atoms with Gasteiger partial charge in [-0.2, -0.15) is 0 Å². The molecule has 0 heterocycles. The molecule has 0 aliphatic rings. The van der Waals surface area contributed by atoms with Crippen LogP contribution in [0.1, 0.15) is 31.7 Å². The molecule has 0 saturated carbocycles. The average molecular weight is 212 g/mol. The third kappa shape index (κ3) is 3.23. The molecule has 1 unspecified atom stereocenters. The van der Waals surface area contributed by atoms with Crippen LogP contribution < -0.4 is 0 Å². The molecule has 0 radical (unpaired) electrons. The van der Waals surface area contributed by atoms with Crippen LogP contribution in [0.15, 0.2) is 66.8 Å². The molecule has 0 fully saturated rings. The fourth-order valence-electron chi connectivity index (χ4n) is 1.94. The van der Waals surface area contributed by atoms with Gasteiger partial charge in [-0.3, -0.25) is 0 Å². The smallest absolute Gasteiger partial charge is 0.00834 e. The zero-order valence-electron chi connectivity index (χ0n) is 10.2. The molecular formula is C16H20. The Kier molecular flexibility index (Phi) is 5.35. The van der Waals surface area contributed by atoms with E-state index in [0.717, 1.165) is 6.42 Å². The van der Waals surface area contributed by atoms with Crippen molar-refractivity contribution < 1.29 is 0 Å². The van der Waals surface area contributed by atoms with Crippen LogP contribution in [0.3, 0.4) is 0 Å². The molecule has 0 spiro atoms. The van der Waals surface area contributed by atoms with Crippen molar-refractivity contribution >= 4 is 0 Å². The molecule has 0 nitrogen and oxygen atoms in total. The minimum atomic E-state index is 0.488. The van der Waals surface area contributed by atoms with Gasteiger partial charge in [-0.15, -0.1) is 0 Å². The minimum absolute atomic E-state index is 0.488. The van der Waals surface area contributed by atoms with Crippen molar-refractivity contribution in [1.82, 2.24) is 0 Å². The van der Waals surface area contributed by atoms with E-state index < -0.39 is 0 Å². The molecule has 0 aliphatic heterocycles. The average Bonchev–Trinajstić information content (AvgIpc) is 2.35.